The van der Waals surface area contributed by atoms with Crippen LogP contribution in [0.5, 0.6) is 0 Å². The van der Waals surface area contributed by atoms with Crippen LogP contribution in [0.15, 0.2) is 0 Å². The molecule has 4 heteroatoms. The Balaban J connectivity index is 2.48. The number of hydrogen-bond donors (Lipinski definition) is 1. The van der Waals surface area contributed by atoms with Gasteiger partial charge >= 0.3 is 0 Å². The minimum atomic E-state index is -0.0251. The normalized spacial score (nSPS) is 20.8. The number of Topliss-reactive ketones (excluding diaryl/α,β-unsaturated/α-hetero) is 1. The van der Waals surface area contributed by atoms with Crippen molar-refractivity contribution in [2.45, 2.75) is 52.1 Å². The monoisotopic (exact) mass is 226 g/mol. The highest BCUT2D eigenvalue weighted by Crippen LogP contribution is 2.19. The molecule has 1 saturated carbocycles. The van der Waals surface area contributed by atoms with Crippen molar-refractivity contribution in [1.29, 1.82) is 0 Å². The van der Waals surface area contributed by atoms with E-state index in [4.69, 9.17) is 0 Å². The zero-order valence-electron chi connectivity index (χ0n) is 10.5. The van der Waals surface area contributed by atoms with Crippen LogP contribution in [0.4, 0.5) is 0 Å². The van der Waals surface area contributed by atoms with Crippen molar-refractivity contribution in [1.82, 2.24) is 10.2 Å². The molecule has 0 bridgehead atoms. The zero-order valence-corrected chi connectivity index (χ0v) is 10.5. The van der Waals surface area contributed by atoms with Gasteiger partial charge in [-0.25, -0.2) is 0 Å². The molecule has 4 nitrogen and oxygen atoms in total. The van der Waals surface area contributed by atoms with E-state index in [9.17, 15) is 9.59 Å². The van der Waals surface area contributed by atoms with Crippen LogP contribution in [0.25, 0.3) is 0 Å². The van der Waals surface area contributed by atoms with Gasteiger partial charge in [0.1, 0.15) is 5.78 Å². The SMILES string of the molecule is CCN(CC(=O)NC(C)C)C1CCCC1=O. The fourth-order valence-corrected chi connectivity index (χ4v) is 2.18. The molecule has 0 saturated heterocycles. The second-order valence-corrected chi connectivity index (χ2v) is 4.66. The Hall–Kier alpha value is -0.900. The lowest BCUT2D eigenvalue weighted by atomic mass is 10.2. The van der Waals surface area contributed by atoms with Gasteiger partial charge in [-0.1, -0.05) is 6.92 Å². The van der Waals surface area contributed by atoms with Crippen LogP contribution in [-0.4, -0.2) is 41.8 Å². The smallest absolute Gasteiger partial charge is 0.234 e. The number of amides is 1. The molecule has 1 aliphatic rings. The summed E-state index contributed by atoms with van der Waals surface area (Å²) in [7, 11) is 0. The molecule has 1 unspecified atom stereocenters. The molecule has 92 valence electrons. The van der Waals surface area contributed by atoms with Gasteiger partial charge in [-0.05, 0) is 33.2 Å². The van der Waals surface area contributed by atoms with Gasteiger partial charge in [0.05, 0.1) is 12.6 Å². The summed E-state index contributed by atoms with van der Waals surface area (Å²) in [5.74, 6) is 0.302. The molecule has 0 aromatic rings. The molecule has 0 radical (unpaired) electrons. The molecular formula is C12H22N2O2. The van der Waals surface area contributed by atoms with Gasteiger partial charge in [0.15, 0.2) is 0 Å². The van der Waals surface area contributed by atoms with Gasteiger partial charge in [0.25, 0.3) is 0 Å². The van der Waals surface area contributed by atoms with E-state index in [2.05, 4.69) is 5.32 Å². The number of ketones is 1. The Kier molecular flexibility index (Phi) is 4.93. The van der Waals surface area contributed by atoms with Crippen LogP contribution in [0.3, 0.4) is 0 Å². The Morgan fingerprint density at radius 3 is 2.69 bits per heavy atom. The predicted molar refractivity (Wildman–Crippen MR) is 63.2 cm³/mol. The number of rotatable bonds is 5. The first-order chi connectivity index (χ1) is 7.54. The topological polar surface area (TPSA) is 49.4 Å². The first-order valence-electron chi connectivity index (χ1n) is 6.10. The average molecular weight is 226 g/mol. The third kappa shape index (κ3) is 3.59. The fourth-order valence-electron chi connectivity index (χ4n) is 2.18. The lowest BCUT2D eigenvalue weighted by Crippen LogP contribution is -2.45. The van der Waals surface area contributed by atoms with E-state index >= 15 is 0 Å². The van der Waals surface area contributed by atoms with Crippen LogP contribution >= 0.6 is 0 Å². The van der Waals surface area contributed by atoms with E-state index in [-0.39, 0.29) is 18.0 Å². The molecule has 0 spiro atoms. The van der Waals surface area contributed by atoms with Gasteiger partial charge in [-0.2, -0.15) is 0 Å². The summed E-state index contributed by atoms with van der Waals surface area (Å²) in [5.41, 5.74) is 0. The summed E-state index contributed by atoms with van der Waals surface area (Å²) in [6.45, 7) is 6.96. The maximum Gasteiger partial charge on any atom is 0.234 e. The largest absolute Gasteiger partial charge is 0.353 e. The second-order valence-electron chi connectivity index (χ2n) is 4.66. The summed E-state index contributed by atoms with van der Waals surface area (Å²) < 4.78 is 0. The summed E-state index contributed by atoms with van der Waals surface area (Å²) in [5, 5.41) is 2.85. The Labute approximate surface area is 97.4 Å². The molecule has 1 rings (SSSR count). The van der Waals surface area contributed by atoms with Crippen molar-refractivity contribution in [3.63, 3.8) is 0 Å². The number of hydrogen-bond acceptors (Lipinski definition) is 3. The van der Waals surface area contributed by atoms with E-state index in [1.807, 2.05) is 25.7 Å². The number of carbonyl (C=O) groups is 2. The third-order valence-corrected chi connectivity index (χ3v) is 2.92. The molecule has 0 aliphatic heterocycles. The molecule has 1 amide bonds. The van der Waals surface area contributed by atoms with E-state index in [0.29, 0.717) is 18.7 Å². The van der Waals surface area contributed by atoms with Crippen LogP contribution in [0.1, 0.15) is 40.0 Å². The molecule has 1 N–H and O–H groups in total. The summed E-state index contributed by atoms with van der Waals surface area (Å²) in [6, 6.07) is 0.133. The summed E-state index contributed by atoms with van der Waals surface area (Å²) >= 11 is 0. The summed E-state index contributed by atoms with van der Waals surface area (Å²) in [4.78, 5) is 25.2. The third-order valence-electron chi connectivity index (χ3n) is 2.92. The quantitative estimate of drug-likeness (QED) is 0.759. The Morgan fingerprint density at radius 2 is 2.25 bits per heavy atom. The van der Waals surface area contributed by atoms with Gasteiger partial charge in [0.2, 0.25) is 5.91 Å². The van der Waals surface area contributed by atoms with Crippen LogP contribution < -0.4 is 5.32 Å². The number of nitrogens with one attached hydrogen (secondary N) is 1. The Morgan fingerprint density at radius 1 is 1.56 bits per heavy atom. The second kappa shape index (κ2) is 5.99. The molecule has 1 atom stereocenters. The highest BCUT2D eigenvalue weighted by molar-refractivity contribution is 5.87. The summed E-state index contributed by atoms with van der Waals surface area (Å²) in [6.07, 6.45) is 2.54. The number of likely N-dealkylation sites (N-methyl/N-ethyl adjacent to an activating group) is 1. The lowest BCUT2D eigenvalue weighted by molar-refractivity contribution is -0.126. The fraction of sp³-hybridized carbons (Fsp3) is 0.833. The minimum absolute atomic E-state index is 0.0107. The maximum atomic E-state index is 11.6. The molecule has 1 aliphatic carbocycles. The van der Waals surface area contributed by atoms with Gasteiger partial charge in [-0.3, -0.25) is 14.5 Å². The number of nitrogens with zero attached hydrogens (tertiary/aromatic N) is 1. The van der Waals surface area contributed by atoms with Crippen molar-refractivity contribution in [3.05, 3.63) is 0 Å². The van der Waals surface area contributed by atoms with Gasteiger partial charge < -0.3 is 5.32 Å². The first kappa shape index (κ1) is 13.2. The van der Waals surface area contributed by atoms with Crippen molar-refractivity contribution in [3.8, 4) is 0 Å². The van der Waals surface area contributed by atoms with Crippen molar-refractivity contribution in [2.24, 2.45) is 0 Å². The molecule has 0 aromatic heterocycles. The maximum absolute atomic E-state index is 11.6. The molecule has 0 heterocycles. The molecule has 1 fully saturated rings. The number of carbonyl (C=O) groups excluding carboxylic acids is 2. The first-order valence-corrected chi connectivity index (χ1v) is 6.10. The van der Waals surface area contributed by atoms with Crippen LogP contribution in [-0.2, 0) is 9.59 Å². The molecule has 16 heavy (non-hydrogen) atoms. The van der Waals surface area contributed by atoms with Gasteiger partial charge in [0, 0.05) is 12.5 Å². The Bertz CT molecular complexity index is 264. The van der Waals surface area contributed by atoms with Crippen molar-refractivity contribution < 1.29 is 9.59 Å². The van der Waals surface area contributed by atoms with E-state index in [1.165, 1.54) is 0 Å². The predicted octanol–water partition coefficient (Wildman–Crippen LogP) is 0.954. The van der Waals surface area contributed by atoms with E-state index in [1.54, 1.807) is 0 Å². The van der Waals surface area contributed by atoms with E-state index < -0.39 is 0 Å². The lowest BCUT2D eigenvalue weighted by Gasteiger charge is -2.25. The van der Waals surface area contributed by atoms with Crippen molar-refractivity contribution in [2.75, 3.05) is 13.1 Å². The van der Waals surface area contributed by atoms with Crippen molar-refractivity contribution >= 4 is 11.7 Å². The van der Waals surface area contributed by atoms with Crippen LogP contribution in [0, 0.1) is 0 Å². The van der Waals surface area contributed by atoms with E-state index in [0.717, 1.165) is 19.4 Å². The van der Waals surface area contributed by atoms with Gasteiger partial charge in [-0.15, -0.1) is 0 Å². The molecular weight excluding hydrogens is 204 g/mol. The minimum Gasteiger partial charge on any atom is -0.353 e. The average Bonchev–Trinajstić information content (AvgIpc) is 2.60. The highest BCUT2D eigenvalue weighted by Gasteiger charge is 2.30. The highest BCUT2D eigenvalue weighted by atomic mass is 16.2. The van der Waals surface area contributed by atoms with Crippen LogP contribution in [0.2, 0.25) is 0 Å². The molecule has 0 aromatic carbocycles. The standard InChI is InChI=1S/C12H22N2O2/c1-4-14(8-12(16)13-9(2)3)10-6-5-7-11(10)15/h9-10H,4-8H2,1-3H3,(H,13,16). The zero-order chi connectivity index (χ0) is 12.1.